The monoisotopic (exact) mass is 460 g/mol. The molecule has 0 saturated heterocycles. The summed E-state index contributed by atoms with van der Waals surface area (Å²) in [6, 6.07) is 3.59. The maximum atomic E-state index is 13.5. The Bertz CT molecular complexity index is 1410. The molecular formula is C20H19ClF2N8O. The van der Waals surface area contributed by atoms with E-state index in [-0.39, 0.29) is 16.4 Å². The maximum absolute atomic E-state index is 13.5. The molecule has 4 rings (SSSR count). The number of aromatic nitrogens is 6. The Morgan fingerprint density at radius 1 is 1.38 bits per heavy atom. The van der Waals surface area contributed by atoms with Crippen molar-refractivity contribution in [1.29, 1.82) is 5.26 Å². The van der Waals surface area contributed by atoms with Crippen LogP contribution in [0.15, 0.2) is 29.6 Å². The Morgan fingerprint density at radius 2 is 2.12 bits per heavy atom. The molecule has 32 heavy (non-hydrogen) atoms. The molecule has 12 heteroatoms. The lowest BCUT2D eigenvalue weighted by atomic mass is 10.00. The van der Waals surface area contributed by atoms with Crippen molar-refractivity contribution in [2.75, 3.05) is 11.4 Å². The molecule has 0 aromatic carbocycles. The molecule has 4 heterocycles. The number of halogens is 3. The lowest BCUT2D eigenvalue weighted by molar-refractivity contribution is 0.121. The highest BCUT2D eigenvalue weighted by molar-refractivity contribution is 6.33. The number of nitriles is 1. The van der Waals surface area contributed by atoms with Gasteiger partial charge in [-0.15, -0.1) is 0 Å². The van der Waals surface area contributed by atoms with Crippen molar-refractivity contribution in [2.24, 2.45) is 0 Å². The standard InChI is InChI=1S/C20H19ClF2N8O/c1-4-30(17-14-11(7-24)8-25-16(14)26-10-27-17)20(2,3)19-28-31-6-5-12(21)15(31)18(32)29(19)9-13(22)23/h5-6,8,10,13H,4,9H2,1-3H3,(H,25,26,27). The summed E-state index contributed by atoms with van der Waals surface area (Å²) in [6.45, 7) is 4.90. The second-order valence-electron chi connectivity index (χ2n) is 7.63. The summed E-state index contributed by atoms with van der Waals surface area (Å²) in [4.78, 5) is 26.4. The third-order valence-electron chi connectivity index (χ3n) is 5.41. The van der Waals surface area contributed by atoms with Gasteiger partial charge in [-0.05, 0) is 26.8 Å². The summed E-state index contributed by atoms with van der Waals surface area (Å²) in [5, 5.41) is 14.6. The SMILES string of the molecule is CCN(c1ncnc2[nH]cc(C#N)c12)C(C)(C)c1nn2ccc(Cl)c2c(=O)n1CC(F)F. The fourth-order valence-corrected chi connectivity index (χ4v) is 4.22. The van der Waals surface area contributed by atoms with Gasteiger partial charge in [-0.2, -0.15) is 10.4 Å². The van der Waals surface area contributed by atoms with Gasteiger partial charge in [-0.1, -0.05) is 11.6 Å². The first kappa shape index (κ1) is 21.7. The van der Waals surface area contributed by atoms with Crippen LogP contribution in [0.4, 0.5) is 14.6 Å². The summed E-state index contributed by atoms with van der Waals surface area (Å²) in [5.74, 6) is 0.522. The zero-order valence-electron chi connectivity index (χ0n) is 17.5. The fourth-order valence-electron chi connectivity index (χ4n) is 3.99. The maximum Gasteiger partial charge on any atom is 0.279 e. The van der Waals surface area contributed by atoms with Crippen molar-refractivity contribution in [3.8, 4) is 6.07 Å². The Balaban J connectivity index is 1.99. The summed E-state index contributed by atoms with van der Waals surface area (Å²) in [6.07, 6.45) is 1.60. The van der Waals surface area contributed by atoms with Crippen LogP contribution in [0.25, 0.3) is 16.6 Å². The van der Waals surface area contributed by atoms with Gasteiger partial charge in [0.2, 0.25) is 0 Å². The molecule has 0 saturated carbocycles. The van der Waals surface area contributed by atoms with E-state index >= 15 is 0 Å². The number of anilines is 1. The molecule has 4 aromatic rings. The highest BCUT2D eigenvalue weighted by atomic mass is 35.5. The predicted octanol–water partition coefficient (Wildman–Crippen LogP) is 3.32. The van der Waals surface area contributed by atoms with Crippen molar-refractivity contribution >= 4 is 34.0 Å². The van der Waals surface area contributed by atoms with Gasteiger partial charge < -0.3 is 9.88 Å². The van der Waals surface area contributed by atoms with Gasteiger partial charge in [0.05, 0.1) is 28.1 Å². The van der Waals surface area contributed by atoms with Crippen LogP contribution >= 0.6 is 11.6 Å². The van der Waals surface area contributed by atoms with Crippen LogP contribution in [-0.2, 0) is 12.1 Å². The topological polar surface area (TPSA) is 108 Å². The predicted molar refractivity (Wildman–Crippen MR) is 115 cm³/mol. The Kier molecular flexibility index (Phi) is 5.34. The minimum absolute atomic E-state index is 0.0248. The average Bonchev–Trinajstić information content (AvgIpc) is 3.33. The van der Waals surface area contributed by atoms with Gasteiger partial charge in [-0.25, -0.2) is 23.3 Å². The molecule has 0 unspecified atom stereocenters. The van der Waals surface area contributed by atoms with E-state index in [2.05, 4.69) is 26.1 Å². The molecule has 0 spiro atoms. The zero-order valence-corrected chi connectivity index (χ0v) is 18.2. The second kappa shape index (κ2) is 7.87. The third kappa shape index (κ3) is 3.27. The quantitative estimate of drug-likeness (QED) is 0.473. The van der Waals surface area contributed by atoms with Gasteiger partial charge in [0.15, 0.2) is 5.82 Å². The number of hydrogen-bond donors (Lipinski definition) is 1. The van der Waals surface area contributed by atoms with E-state index in [4.69, 9.17) is 11.6 Å². The van der Waals surface area contributed by atoms with Gasteiger partial charge in [0, 0.05) is 18.9 Å². The number of H-pyrrole nitrogens is 1. The first-order chi connectivity index (χ1) is 15.2. The van der Waals surface area contributed by atoms with Crippen LogP contribution in [-0.4, -0.2) is 42.1 Å². The molecule has 0 aliphatic heterocycles. The van der Waals surface area contributed by atoms with Crippen molar-refractivity contribution in [3.63, 3.8) is 0 Å². The minimum atomic E-state index is -2.78. The van der Waals surface area contributed by atoms with E-state index in [9.17, 15) is 18.8 Å². The summed E-state index contributed by atoms with van der Waals surface area (Å²) < 4.78 is 29.2. The first-order valence-electron chi connectivity index (χ1n) is 9.76. The molecule has 0 aliphatic rings. The highest BCUT2D eigenvalue weighted by Crippen LogP contribution is 2.35. The molecule has 0 radical (unpaired) electrons. The van der Waals surface area contributed by atoms with Gasteiger partial charge in [0.1, 0.15) is 29.4 Å². The number of nitrogens with zero attached hydrogens (tertiary/aromatic N) is 7. The summed E-state index contributed by atoms with van der Waals surface area (Å²) in [5.41, 5.74) is -0.917. The molecule has 166 valence electrons. The minimum Gasteiger partial charge on any atom is -0.345 e. The van der Waals surface area contributed by atoms with E-state index in [1.165, 1.54) is 29.3 Å². The number of hydrogen-bond acceptors (Lipinski definition) is 6. The van der Waals surface area contributed by atoms with E-state index in [0.29, 0.717) is 29.0 Å². The van der Waals surface area contributed by atoms with Gasteiger partial charge >= 0.3 is 0 Å². The molecule has 0 atom stereocenters. The van der Waals surface area contributed by atoms with Crippen molar-refractivity contribution < 1.29 is 8.78 Å². The van der Waals surface area contributed by atoms with E-state index in [0.717, 1.165) is 4.57 Å². The molecule has 0 aliphatic carbocycles. The smallest absolute Gasteiger partial charge is 0.279 e. The van der Waals surface area contributed by atoms with Crippen molar-refractivity contribution in [2.45, 2.75) is 39.3 Å². The fraction of sp³-hybridized carbons (Fsp3) is 0.350. The molecule has 0 fully saturated rings. The molecule has 0 bridgehead atoms. The number of rotatable bonds is 6. The van der Waals surface area contributed by atoms with Crippen LogP contribution in [0.2, 0.25) is 5.02 Å². The molecule has 1 N–H and O–H groups in total. The number of fused-ring (bicyclic) bond motifs is 2. The zero-order chi connectivity index (χ0) is 23.2. The average molecular weight is 461 g/mol. The molecule has 9 nitrogen and oxygen atoms in total. The lowest BCUT2D eigenvalue weighted by Gasteiger charge is -2.39. The van der Waals surface area contributed by atoms with Gasteiger partial charge in [0.25, 0.3) is 12.0 Å². The number of alkyl halides is 2. The van der Waals surface area contributed by atoms with Crippen LogP contribution in [0.1, 0.15) is 32.2 Å². The Labute approximate surface area is 185 Å². The molecule has 0 amide bonds. The Hall–Kier alpha value is -3.52. The molecular weight excluding hydrogens is 442 g/mol. The van der Waals surface area contributed by atoms with E-state index in [1.807, 2.05) is 6.92 Å². The van der Waals surface area contributed by atoms with Crippen LogP contribution in [0.5, 0.6) is 0 Å². The van der Waals surface area contributed by atoms with E-state index in [1.54, 1.807) is 18.7 Å². The second-order valence-corrected chi connectivity index (χ2v) is 8.03. The van der Waals surface area contributed by atoms with Crippen LogP contribution in [0.3, 0.4) is 0 Å². The number of nitrogens with one attached hydrogen (secondary N) is 1. The third-order valence-corrected chi connectivity index (χ3v) is 5.71. The van der Waals surface area contributed by atoms with Gasteiger partial charge in [-0.3, -0.25) is 9.36 Å². The van der Waals surface area contributed by atoms with Crippen LogP contribution in [0, 0.1) is 11.3 Å². The summed E-state index contributed by atoms with van der Waals surface area (Å²) >= 11 is 6.10. The van der Waals surface area contributed by atoms with Crippen molar-refractivity contribution in [1.82, 2.24) is 29.1 Å². The largest absolute Gasteiger partial charge is 0.345 e. The van der Waals surface area contributed by atoms with E-state index < -0.39 is 24.1 Å². The number of aromatic amines is 1. The Morgan fingerprint density at radius 3 is 2.78 bits per heavy atom. The van der Waals surface area contributed by atoms with Crippen molar-refractivity contribution in [3.05, 3.63) is 51.6 Å². The highest BCUT2D eigenvalue weighted by Gasteiger charge is 2.36. The summed E-state index contributed by atoms with van der Waals surface area (Å²) in [7, 11) is 0. The van der Waals surface area contributed by atoms with Crippen LogP contribution < -0.4 is 10.5 Å². The normalized spacial score (nSPS) is 12.1. The lowest BCUT2D eigenvalue weighted by Crippen LogP contribution is -2.47. The first-order valence-corrected chi connectivity index (χ1v) is 10.1. The molecule has 4 aromatic heterocycles.